The van der Waals surface area contributed by atoms with Gasteiger partial charge in [0.2, 0.25) is 0 Å². The van der Waals surface area contributed by atoms with Gasteiger partial charge in [0, 0.05) is 46.0 Å². The highest BCUT2D eigenvalue weighted by Crippen LogP contribution is 2.48. The number of nitro benzene ring substituents is 1. The second kappa shape index (κ2) is 11.3. The van der Waals surface area contributed by atoms with E-state index in [1.807, 2.05) is 10.6 Å². The van der Waals surface area contributed by atoms with Gasteiger partial charge in [-0.05, 0) is 56.7 Å². The first-order valence-corrected chi connectivity index (χ1v) is 13.8. The van der Waals surface area contributed by atoms with E-state index in [-0.39, 0.29) is 17.6 Å². The van der Waals surface area contributed by atoms with Crippen LogP contribution in [0.15, 0.2) is 60.7 Å². The van der Waals surface area contributed by atoms with Crippen LogP contribution in [0, 0.1) is 10.1 Å². The van der Waals surface area contributed by atoms with Crippen LogP contribution in [-0.4, -0.2) is 41.8 Å². The molecule has 1 aromatic heterocycles. The maximum atomic E-state index is 13.3. The lowest BCUT2D eigenvalue weighted by Gasteiger charge is -2.17. The number of carbonyl (C=O) groups excluding carboxylic acids is 1. The third-order valence-corrected chi connectivity index (χ3v) is 8.31. The van der Waals surface area contributed by atoms with Crippen LogP contribution in [0.25, 0.3) is 21.8 Å². The number of benzene rings is 3. The zero-order valence-electron chi connectivity index (χ0n) is 21.0. The topological polar surface area (TPSA) is 110 Å². The van der Waals surface area contributed by atoms with Gasteiger partial charge >= 0.3 is 7.60 Å². The van der Waals surface area contributed by atoms with Gasteiger partial charge < -0.3 is 18.4 Å². The molecule has 0 atom stereocenters. The zero-order valence-corrected chi connectivity index (χ0v) is 21.9. The van der Waals surface area contributed by atoms with Crippen molar-refractivity contribution in [1.29, 1.82) is 0 Å². The van der Waals surface area contributed by atoms with Gasteiger partial charge in [0.05, 0.1) is 37.0 Å². The summed E-state index contributed by atoms with van der Waals surface area (Å²) < 4.78 is 31.1. The molecule has 4 rings (SSSR count). The lowest BCUT2D eigenvalue weighted by molar-refractivity contribution is -0.384. The summed E-state index contributed by atoms with van der Waals surface area (Å²) >= 11 is 0. The Hall–Kier alpha value is -3.52. The Morgan fingerprint density at radius 1 is 0.973 bits per heavy atom. The number of ketones is 1. The third kappa shape index (κ3) is 5.44. The maximum Gasteiger partial charge on any atom is 0.330 e. The molecule has 0 aliphatic heterocycles. The first-order valence-electron chi connectivity index (χ1n) is 12.1. The summed E-state index contributed by atoms with van der Waals surface area (Å²) in [6, 6.07) is 17.0. The molecule has 10 heteroatoms. The highest BCUT2D eigenvalue weighted by atomic mass is 31.2. The minimum absolute atomic E-state index is 0.0369. The minimum atomic E-state index is -3.20. The van der Waals surface area contributed by atoms with Crippen molar-refractivity contribution in [3.8, 4) is 5.75 Å². The van der Waals surface area contributed by atoms with Crippen molar-refractivity contribution in [2.75, 3.05) is 26.5 Å². The van der Waals surface area contributed by atoms with Gasteiger partial charge in [-0.25, -0.2) is 0 Å². The van der Waals surface area contributed by atoms with E-state index >= 15 is 0 Å². The zero-order chi connectivity index (χ0) is 26.6. The molecule has 1 heterocycles. The lowest BCUT2D eigenvalue weighted by atomic mass is 10.0. The lowest BCUT2D eigenvalue weighted by Crippen LogP contribution is -2.05. The standard InChI is InChI=1S/C27H29N2O7P/c1-4-35-37(33,36-5-2)16-8-15-28-24-13-11-19(27(30)21-9-6-7-10-26(21)34-3)17-22(24)23-18-20(29(31)32)12-14-25(23)28/h6-7,9-14,17-18H,4-5,8,15-16H2,1-3H3. The highest BCUT2D eigenvalue weighted by molar-refractivity contribution is 7.53. The molecule has 0 amide bonds. The fraction of sp³-hybridized carbons (Fsp3) is 0.296. The Bertz CT molecular complexity index is 1500. The predicted octanol–water partition coefficient (Wildman–Crippen LogP) is 6.60. The Labute approximate surface area is 214 Å². The fourth-order valence-corrected chi connectivity index (χ4v) is 6.21. The first kappa shape index (κ1) is 26.5. The van der Waals surface area contributed by atoms with Gasteiger partial charge in [-0.3, -0.25) is 19.5 Å². The quantitative estimate of drug-likeness (QED) is 0.0889. The molecule has 0 bridgehead atoms. The van der Waals surface area contributed by atoms with E-state index in [0.717, 1.165) is 16.4 Å². The van der Waals surface area contributed by atoms with E-state index in [0.29, 0.717) is 48.4 Å². The monoisotopic (exact) mass is 524 g/mol. The van der Waals surface area contributed by atoms with Crippen LogP contribution in [0.5, 0.6) is 5.75 Å². The molecular weight excluding hydrogens is 495 g/mol. The second-order valence-corrected chi connectivity index (χ2v) is 10.6. The number of non-ortho nitro benzene ring substituents is 1. The molecular formula is C27H29N2O7P. The number of hydrogen-bond acceptors (Lipinski definition) is 7. The normalized spacial score (nSPS) is 11.8. The largest absolute Gasteiger partial charge is 0.496 e. The number of aromatic nitrogens is 1. The van der Waals surface area contributed by atoms with Crippen molar-refractivity contribution >= 4 is 40.9 Å². The van der Waals surface area contributed by atoms with E-state index < -0.39 is 12.5 Å². The Morgan fingerprint density at radius 3 is 2.27 bits per heavy atom. The van der Waals surface area contributed by atoms with Crippen LogP contribution in [-0.2, 0) is 20.2 Å². The summed E-state index contributed by atoms with van der Waals surface area (Å²) in [6.07, 6.45) is 0.752. The number of rotatable bonds is 12. The highest BCUT2D eigenvalue weighted by Gasteiger charge is 2.24. The number of para-hydroxylation sites is 1. The number of nitrogens with zero attached hydrogens (tertiary/aromatic N) is 2. The minimum Gasteiger partial charge on any atom is -0.496 e. The average Bonchev–Trinajstić information content (AvgIpc) is 3.20. The van der Waals surface area contributed by atoms with Crippen LogP contribution in [0.2, 0.25) is 0 Å². The summed E-state index contributed by atoms with van der Waals surface area (Å²) in [5.41, 5.74) is 2.44. The van der Waals surface area contributed by atoms with Crippen LogP contribution in [0.1, 0.15) is 36.2 Å². The molecule has 0 unspecified atom stereocenters. The van der Waals surface area contributed by atoms with Gasteiger partial charge in [0.1, 0.15) is 5.75 Å². The number of aryl methyl sites for hydroxylation is 1. The van der Waals surface area contributed by atoms with Crippen LogP contribution in [0.3, 0.4) is 0 Å². The molecule has 37 heavy (non-hydrogen) atoms. The van der Waals surface area contributed by atoms with E-state index in [4.69, 9.17) is 13.8 Å². The number of carbonyl (C=O) groups is 1. The van der Waals surface area contributed by atoms with Crippen molar-refractivity contribution in [3.63, 3.8) is 0 Å². The van der Waals surface area contributed by atoms with Gasteiger partial charge in [-0.2, -0.15) is 0 Å². The molecule has 0 aliphatic rings. The number of hydrogen-bond donors (Lipinski definition) is 0. The van der Waals surface area contributed by atoms with Crippen LogP contribution >= 0.6 is 7.60 Å². The second-order valence-electron chi connectivity index (χ2n) is 8.40. The molecule has 9 nitrogen and oxygen atoms in total. The Balaban J connectivity index is 1.77. The molecule has 0 saturated heterocycles. The van der Waals surface area contributed by atoms with Gasteiger partial charge in [-0.1, -0.05) is 12.1 Å². The van der Waals surface area contributed by atoms with E-state index in [1.165, 1.54) is 19.2 Å². The van der Waals surface area contributed by atoms with Crippen molar-refractivity contribution in [3.05, 3.63) is 81.9 Å². The van der Waals surface area contributed by atoms with E-state index in [9.17, 15) is 19.5 Å². The van der Waals surface area contributed by atoms with Gasteiger partial charge in [0.25, 0.3) is 5.69 Å². The Kier molecular flexibility index (Phi) is 8.07. The van der Waals surface area contributed by atoms with Crippen molar-refractivity contribution in [2.24, 2.45) is 0 Å². The summed E-state index contributed by atoms with van der Waals surface area (Å²) in [6.45, 7) is 4.62. The fourth-order valence-electron chi connectivity index (χ4n) is 4.56. The number of ether oxygens (including phenoxy) is 1. The van der Waals surface area contributed by atoms with E-state index in [1.54, 1.807) is 56.3 Å². The number of fused-ring (bicyclic) bond motifs is 3. The summed E-state index contributed by atoms with van der Waals surface area (Å²) in [7, 11) is -1.69. The molecule has 0 aliphatic carbocycles. The molecule has 4 aromatic rings. The molecule has 3 aromatic carbocycles. The Morgan fingerprint density at radius 2 is 1.62 bits per heavy atom. The first-order chi connectivity index (χ1) is 17.8. The maximum absolute atomic E-state index is 13.3. The van der Waals surface area contributed by atoms with Crippen molar-refractivity contribution in [1.82, 2.24) is 4.57 Å². The third-order valence-electron chi connectivity index (χ3n) is 6.14. The van der Waals surface area contributed by atoms with E-state index in [2.05, 4.69) is 0 Å². The summed E-state index contributed by atoms with van der Waals surface area (Å²) in [4.78, 5) is 24.4. The summed E-state index contributed by atoms with van der Waals surface area (Å²) in [5.74, 6) is 0.263. The summed E-state index contributed by atoms with van der Waals surface area (Å²) in [5, 5.41) is 12.9. The average molecular weight is 525 g/mol. The molecule has 0 saturated carbocycles. The number of methoxy groups -OCH3 is 1. The van der Waals surface area contributed by atoms with Gasteiger partial charge in [0.15, 0.2) is 5.78 Å². The molecule has 194 valence electrons. The van der Waals surface area contributed by atoms with Gasteiger partial charge in [-0.15, -0.1) is 0 Å². The molecule has 0 fully saturated rings. The molecule has 0 spiro atoms. The SMILES string of the molecule is CCOP(=O)(CCCn1c2ccc(C(=O)c3ccccc3OC)cc2c2cc([N+](=O)[O-])ccc21)OCC. The van der Waals surface area contributed by atoms with Crippen LogP contribution < -0.4 is 4.74 Å². The number of nitro groups is 1. The smallest absolute Gasteiger partial charge is 0.330 e. The van der Waals surface area contributed by atoms with Crippen LogP contribution in [0.4, 0.5) is 5.69 Å². The predicted molar refractivity (Wildman–Crippen MR) is 143 cm³/mol. The molecule has 0 N–H and O–H groups in total. The van der Waals surface area contributed by atoms with Crippen molar-refractivity contribution < 1.29 is 28.1 Å². The molecule has 0 radical (unpaired) electrons. The van der Waals surface area contributed by atoms with Crippen molar-refractivity contribution in [2.45, 2.75) is 26.8 Å².